The van der Waals surface area contributed by atoms with E-state index in [9.17, 15) is 4.79 Å². The number of rotatable bonds is 13. The summed E-state index contributed by atoms with van der Waals surface area (Å²) in [5.41, 5.74) is 3.16. The van der Waals surface area contributed by atoms with Gasteiger partial charge in [-0.05, 0) is 60.9 Å². The van der Waals surface area contributed by atoms with Crippen LogP contribution in [0, 0.1) is 0 Å². The summed E-state index contributed by atoms with van der Waals surface area (Å²) in [4.78, 5) is 16.9. The van der Waals surface area contributed by atoms with Crippen LogP contribution in [0.1, 0.15) is 30.7 Å². The van der Waals surface area contributed by atoms with Gasteiger partial charge in [-0.2, -0.15) is 0 Å². The number of aryl methyl sites for hydroxylation is 1. The van der Waals surface area contributed by atoms with Gasteiger partial charge >= 0.3 is 0 Å². The average molecular weight is 484 g/mol. The number of carbonyl (C=O) groups is 1. The molecule has 36 heavy (non-hydrogen) atoms. The number of aromatic nitrogens is 2. The van der Waals surface area contributed by atoms with Crippen LogP contribution in [0.15, 0.2) is 84.9 Å². The molecule has 1 aromatic heterocycles. The highest BCUT2D eigenvalue weighted by atomic mass is 16.5. The molecule has 3 aromatic carbocycles. The first-order chi connectivity index (χ1) is 17.7. The van der Waals surface area contributed by atoms with Gasteiger partial charge in [0.25, 0.3) is 0 Å². The lowest BCUT2D eigenvalue weighted by Crippen LogP contribution is -2.22. The van der Waals surface area contributed by atoms with Gasteiger partial charge in [-0.1, -0.05) is 48.9 Å². The van der Waals surface area contributed by atoms with Gasteiger partial charge in [-0.3, -0.25) is 4.79 Å². The van der Waals surface area contributed by atoms with E-state index in [1.54, 1.807) is 13.2 Å². The number of hydrogen-bond acceptors (Lipinski definition) is 4. The maximum Gasteiger partial charge on any atom is 0.243 e. The molecule has 0 aliphatic carbocycles. The Morgan fingerprint density at radius 2 is 1.67 bits per heavy atom. The summed E-state index contributed by atoms with van der Waals surface area (Å²) in [6.45, 7) is 1.96. The second kappa shape index (κ2) is 13.1. The van der Waals surface area contributed by atoms with Crippen molar-refractivity contribution in [1.82, 2.24) is 14.9 Å². The van der Waals surface area contributed by atoms with Gasteiger partial charge in [0, 0.05) is 19.0 Å². The predicted octanol–water partition coefficient (Wildman–Crippen LogP) is 5.67. The zero-order valence-corrected chi connectivity index (χ0v) is 20.7. The van der Waals surface area contributed by atoms with Gasteiger partial charge in [0.1, 0.15) is 23.9 Å². The molecule has 186 valence electrons. The highest BCUT2D eigenvalue weighted by molar-refractivity contribution is 5.91. The number of para-hydroxylation sites is 2. The van der Waals surface area contributed by atoms with Crippen molar-refractivity contribution in [3.8, 4) is 11.5 Å². The number of carbonyl (C=O) groups excluding carboxylic acids is 1. The minimum atomic E-state index is -0.0579. The maximum absolute atomic E-state index is 12.0. The Bertz CT molecular complexity index is 1260. The average Bonchev–Trinajstić information content (AvgIpc) is 3.27. The molecule has 1 N–H and O–H groups in total. The van der Waals surface area contributed by atoms with Crippen molar-refractivity contribution in [3.05, 3.63) is 96.3 Å². The van der Waals surface area contributed by atoms with Crippen molar-refractivity contribution in [2.24, 2.45) is 0 Å². The molecule has 0 spiro atoms. The molecule has 0 radical (unpaired) electrons. The van der Waals surface area contributed by atoms with E-state index in [0.29, 0.717) is 13.2 Å². The molecule has 4 rings (SSSR count). The third kappa shape index (κ3) is 7.22. The summed E-state index contributed by atoms with van der Waals surface area (Å²) < 4.78 is 13.4. The Hall–Kier alpha value is -4.06. The molecule has 6 nitrogen and oxygen atoms in total. The van der Waals surface area contributed by atoms with Gasteiger partial charge in [-0.25, -0.2) is 4.98 Å². The zero-order valence-electron chi connectivity index (χ0n) is 20.7. The van der Waals surface area contributed by atoms with E-state index >= 15 is 0 Å². The van der Waals surface area contributed by atoms with Crippen molar-refractivity contribution >= 4 is 23.0 Å². The Morgan fingerprint density at radius 1 is 0.917 bits per heavy atom. The monoisotopic (exact) mass is 483 g/mol. The highest BCUT2D eigenvalue weighted by Crippen LogP contribution is 2.20. The number of hydrogen-bond donors (Lipinski definition) is 1. The molecule has 0 bridgehead atoms. The molecule has 4 aromatic rings. The summed E-state index contributed by atoms with van der Waals surface area (Å²) in [6, 6.07) is 25.7. The van der Waals surface area contributed by atoms with Crippen LogP contribution < -0.4 is 14.8 Å². The highest BCUT2D eigenvalue weighted by Gasteiger charge is 2.10. The largest absolute Gasteiger partial charge is 0.497 e. The molecular weight excluding hydrogens is 450 g/mol. The lowest BCUT2D eigenvalue weighted by molar-refractivity contribution is -0.116. The van der Waals surface area contributed by atoms with Gasteiger partial charge < -0.3 is 19.4 Å². The minimum absolute atomic E-state index is 0.0579. The van der Waals surface area contributed by atoms with Crippen molar-refractivity contribution in [1.29, 1.82) is 0 Å². The van der Waals surface area contributed by atoms with Crippen LogP contribution >= 0.6 is 0 Å². The first-order valence-corrected chi connectivity index (χ1v) is 12.4. The Balaban J connectivity index is 1.23. The van der Waals surface area contributed by atoms with Gasteiger partial charge in [0.05, 0.1) is 24.7 Å². The summed E-state index contributed by atoms with van der Waals surface area (Å²) >= 11 is 0. The molecule has 1 heterocycles. The number of imidazole rings is 1. The Kier molecular flexibility index (Phi) is 9.14. The van der Waals surface area contributed by atoms with Crippen LogP contribution in [0.5, 0.6) is 11.5 Å². The molecule has 6 heteroatoms. The van der Waals surface area contributed by atoms with E-state index in [4.69, 9.17) is 14.5 Å². The Morgan fingerprint density at radius 3 is 2.47 bits per heavy atom. The first-order valence-electron chi connectivity index (χ1n) is 12.4. The molecule has 0 saturated heterocycles. The zero-order chi connectivity index (χ0) is 25.0. The lowest BCUT2D eigenvalue weighted by Gasteiger charge is -2.11. The van der Waals surface area contributed by atoms with Crippen LogP contribution in [0.4, 0.5) is 0 Å². The Labute approximate surface area is 212 Å². The number of unbranched alkanes of at least 4 members (excludes halogenated alkanes) is 2. The van der Waals surface area contributed by atoms with Crippen molar-refractivity contribution in [2.75, 3.05) is 20.3 Å². The number of ether oxygens (including phenoxy) is 2. The standard InChI is InChI=1S/C30H33N3O3/c1-35-25-16-18-26(19-17-25)36-23-22-33-28-13-8-7-12-27(28)32-29(33)14-6-3-9-21-31-30(34)20-15-24-10-4-2-5-11-24/h2,4-5,7-8,10-13,15-20H,3,6,9,14,21-23H2,1H3,(H,31,34)/b20-15+. The molecule has 0 aliphatic heterocycles. The van der Waals surface area contributed by atoms with Gasteiger partial charge in [-0.15, -0.1) is 0 Å². The predicted molar refractivity (Wildman–Crippen MR) is 144 cm³/mol. The van der Waals surface area contributed by atoms with E-state index in [1.165, 1.54) is 0 Å². The van der Waals surface area contributed by atoms with Gasteiger partial charge in [0.2, 0.25) is 5.91 Å². The van der Waals surface area contributed by atoms with Crippen molar-refractivity contribution in [2.45, 2.75) is 32.2 Å². The minimum Gasteiger partial charge on any atom is -0.497 e. The summed E-state index contributed by atoms with van der Waals surface area (Å²) in [6.07, 6.45) is 7.28. The maximum atomic E-state index is 12.0. The topological polar surface area (TPSA) is 65.4 Å². The van der Waals surface area contributed by atoms with Crippen molar-refractivity contribution in [3.63, 3.8) is 0 Å². The fourth-order valence-corrected chi connectivity index (χ4v) is 4.08. The molecule has 1 amide bonds. The van der Waals surface area contributed by atoms with E-state index < -0.39 is 0 Å². The molecular formula is C30H33N3O3. The van der Waals surface area contributed by atoms with E-state index in [0.717, 1.165) is 66.1 Å². The third-order valence-electron chi connectivity index (χ3n) is 5.98. The number of nitrogens with one attached hydrogen (secondary N) is 1. The molecule has 0 fully saturated rings. The van der Waals surface area contributed by atoms with Crippen LogP contribution in [-0.2, 0) is 17.8 Å². The van der Waals surface area contributed by atoms with Crippen LogP contribution in [0.3, 0.4) is 0 Å². The van der Waals surface area contributed by atoms with E-state index in [-0.39, 0.29) is 5.91 Å². The van der Waals surface area contributed by atoms with Gasteiger partial charge in [0.15, 0.2) is 0 Å². The van der Waals surface area contributed by atoms with Crippen LogP contribution in [0.25, 0.3) is 17.1 Å². The summed E-state index contributed by atoms with van der Waals surface area (Å²) in [7, 11) is 1.65. The lowest BCUT2D eigenvalue weighted by atomic mass is 10.2. The number of methoxy groups -OCH3 is 1. The first kappa shape index (κ1) is 25.0. The van der Waals surface area contributed by atoms with Crippen molar-refractivity contribution < 1.29 is 14.3 Å². The fraction of sp³-hybridized carbons (Fsp3) is 0.267. The number of nitrogens with zero attached hydrogens (tertiary/aromatic N) is 2. The summed E-state index contributed by atoms with van der Waals surface area (Å²) in [5.74, 6) is 2.65. The van der Waals surface area contributed by atoms with Crippen LogP contribution in [0.2, 0.25) is 0 Å². The normalized spacial score (nSPS) is 11.1. The van der Waals surface area contributed by atoms with Crippen LogP contribution in [-0.4, -0.2) is 35.7 Å². The molecule has 0 atom stereocenters. The third-order valence-corrected chi connectivity index (χ3v) is 5.98. The second-order valence-electron chi connectivity index (χ2n) is 8.54. The number of amides is 1. The fourth-order valence-electron chi connectivity index (χ4n) is 4.08. The second-order valence-corrected chi connectivity index (χ2v) is 8.54. The summed E-state index contributed by atoms with van der Waals surface area (Å²) in [5, 5.41) is 2.96. The number of benzene rings is 3. The van der Waals surface area contributed by atoms with E-state index in [1.807, 2.05) is 72.8 Å². The molecule has 0 unspecified atom stereocenters. The number of fused-ring (bicyclic) bond motifs is 1. The molecule has 0 aliphatic rings. The van der Waals surface area contributed by atoms with E-state index in [2.05, 4.69) is 22.0 Å². The quantitative estimate of drug-likeness (QED) is 0.197. The smallest absolute Gasteiger partial charge is 0.243 e. The SMILES string of the molecule is COc1ccc(OCCn2c(CCCCCNC(=O)/C=C/c3ccccc3)nc3ccccc32)cc1. The molecule has 0 saturated carbocycles.